The van der Waals surface area contributed by atoms with Gasteiger partial charge in [-0.2, -0.15) is 0 Å². The maximum Gasteiger partial charge on any atom is 0.220 e. The van der Waals surface area contributed by atoms with Gasteiger partial charge in [-0.05, 0) is 70.6 Å². The van der Waals surface area contributed by atoms with Gasteiger partial charge in [-0.25, -0.2) is 0 Å². The van der Waals surface area contributed by atoms with Crippen LogP contribution in [0.1, 0.15) is 174 Å². The van der Waals surface area contributed by atoms with E-state index in [0.29, 0.717) is 12.8 Å². The van der Waals surface area contributed by atoms with E-state index < -0.39 is 86.8 Å². The fourth-order valence-electron chi connectivity index (χ4n) is 8.13. The molecule has 9 N–H and O–H groups in total. The summed E-state index contributed by atoms with van der Waals surface area (Å²) in [5.74, 6) is -0.262. The molecule has 0 saturated carbocycles. The number of aliphatic hydroxyl groups excluding tert-OH is 8. The highest BCUT2D eigenvalue weighted by atomic mass is 16.7. The van der Waals surface area contributed by atoms with Gasteiger partial charge in [0, 0.05) is 6.42 Å². The number of unbranched alkanes of at least 4 members (excludes halogenated alkanes) is 18. The third kappa shape index (κ3) is 26.5. The summed E-state index contributed by atoms with van der Waals surface area (Å²) in [6.45, 7) is 2.69. The Labute approximate surface area is 403 Å². The van der Waals surface area contributed by atoms with Gasteiger partial charge in [0.2, 0.25) is 5.91 Å². The molecule has 14 nitrogen and oxygen atoms in total. The SMILES string of the molecule is CCCCCC/C=C/CC/C=C/C(O)C(COC1OC(CO)C(OC2OC(CO)C(O)C(O)C2O)C(O)C1O)NC(=O)CCCCCCCCCC/C=C\C/C=C\C/C=C\CCCCCCC. The van der Waals surface area contributed by atoms with Gasteiger partial charge in [-0.1, -0.05) is 158 Å². The minimum Gasteiger partial charge on any atom is -0.394 e. The molecule has 0 spiro atoms. The second-order valence-electron chi connectivity index (χ2n) is 18.3. The van der Waals surface area contributed by atoms with Crippen LogP contribution in [0.4, 0.5) is 0 Å². The van der Waals surface area contributed by atoms with Crippen LogP contribution < -0.4 is 5.32 Å². The van der Waals surface area contributed by atoms with E-state index in [-0.39, 0.29) is 18.9 Å². The van der Waals surface area contributed by atoms with E-state index in [4.69, 9.17) is 18.9 Å². The molecule has 2 aliphatic heterocycles. The van der Waals surface area contributed by atoms with Crippen LogP contribution in [-0.4, -0.2) is 140 Å². The minimum atomic E-state index is -1.79. The van der Waals surface area contributed by atoms with Gasteiger partial charge in [-0.3, -0.25) is 4.79 Å². The molecule has 2 saturated heterocycles. The Hall–Kier alpha value is -2.31. The van der Waals surface area contributed by atoms with Crippen molar-refractivity contribution in [2.75, 3.05) is 19.8 Å². The molecule has 0 bridgehead atoms. The lowest BCUT2D eigenvalue weighted by molar-refractivity contribution is -0.359. The molecule has 0 aromatic carbocycles. The molecule has 14 heteroatoms. The zero-order valence-corrected chi connectivity index (χ0v) is 41.1. The smallest absolute Gasteiger partial charge is 0.220 e. The molecular formula is C53H93NO13. The summed E-state index contributed by atoms with van der Waals surface area (Å²) in [7, 11) is 0. The molecule has 12 atom stereocenters. The summed E-state index contributed by atoms with van der Waals surface area (Å²) in [6, 6.07) is -0.935. The van der Waals surface area contributed by atoms with Crippen molar-refractivity contribution in [1.82, 2.24) is 5.32 Å². The Kier molecular flexibility index (Phi) is 35.8. The molecular weight excluding hydrogens is 859 g/mol. The van der Waals surface area contributed by atoms with Crippen LogP contribution in [0.25, 0.3) is 0 Å². The molecule has 1 amide bonds. The molecule has 67 heavy (non-hydrogen) atoms. The van der Waals surface area contributed by atoms with Gasteiger partial charge in [0.25, 0.3) is 0 Å². The second-order valence-corrected chi connectivity index (χ2v) is 18.3. The van der Waals surface area contributed by atoms with Crippen molar-refractivity contribution in [3.63, 3.8) is 0 Å². The molecule has 2 aliphatic rings. The van der Waals surface area contributed by atoms with E-state index in [1.54, 1.807) is 6.08 Å². The first-order valence-electron chi connectivity index (χ1n) is 26.0. The third-order valence-electron chi connectivity index (χ3n) is 12.4. The molecule has 0 aromatic rings. The molecule has 388 valence electrons. The van der Waals surface area contributed by atoms with Crippen molar-refractivity contribution in [3.8, 4) is 0 Å². The van der Waals surface area contributed by atoms with Crippen molar-refractivity contribution in [2.45, 2.75) is 248 Å². The first-order valence-corrected chi connectivity index (χ1v) is 26.0. The van der Waals surface area contributed by atoms with E-state index in [2.05, 4.69) is 67.8 Å². The number of carbonyl (C=O) groups is 1. The largest absolute Gasteiger partial charge is 0.394 e. The monoisotopic (exact) mass is 952 g/mol. The predicted octanol–water partition coefficient (Wildman–Crippen LogP) is 7.05. The zero-order chi connectivity index (χ0) is 48.9. The summed E-state index contributed by atoms with van der Waals surface area (Å²) in [6.07, 6.45) is 31.3. The van der Waals surface area contributed by atoms with Crippen LogP contribution in [0.15, 0.2) is 60.8 Å². The maximum absolute atomic E-state index is 13.2. The predicted molar refractivity (Wildman–Crippen MR) is 263 cm³/mol. The van der Waals surface area contributed by atoms with Gasteiger partial charge in [0.05, 0.1) is 32.0 Å². The van der Waals surface area contributed by atoms with Gasteiger partial charge < -0.3 is 65.1 Å². The number of allylic oxidation sites excluding steroid dienone is 9. The van der Waals surface area contributed by atoms with E-state index in [1.807, 2.05) is 6.08 Å². The number of carbonyl (C=O) groups excluding carboxylic acids is 1. The van der Waals surface area contributed by atoms with E-state index in [1.165, 1.54) is 83.5 Å². The summed E-state index contributed by atoms with van der Waals surface area (Å²) in [4.78, 5) is 13.2. The normalized spacial score (nSPS) is 27.1. The number of ether oxygens (including phenoxy) is 4. The van der Waals surface area contributed by atoms with Crippen molar-refractivity contribution in [3.05, 3.63) is 60.8 Å². The number of nitrogens with one attached hydrogen (secondary N) is 1. The van der Waals surface area contributed by atoms with E-state index >= 15 is 0 Å². The first kappa shape index (κ1) is 60.8. The fraction of sp³-hybridized carbons (Fsp3) is 0.792. The highest BCUT2D eigenvalue weighted by Crippen LogP contribution is 2.30. The summed E-state index contributed by atoms with van der Waals surface area (Å²) in [5.41, 5.74) is 0. The van der Waals surface area contributed by atoms with Crippen molar-refractivity contribution >= 4 is 5.91 Å². The van der Waals surface area contributed by atoms with Crippen molar-refractivity contribution < 1.29 is 64.6 Å². The lowest BCUT2D eigenvalue weighted by Crippen LogP contribution is -2.65. The third-order valence-corrected chi connectivity index (χ3v) is 12.4. The number of hydrogen-bond donors (Lipinski definition) is 9. The Balaban J connectivity index is 1.78. The van der Waals surface area contributed by atoms with Crippen LogP contribution in [0, 0.1) is 0 Å². The van der Waals surface area contributed by atoms with Crippen LogP contribution in [-0.2, 0) is 23.7 Å². The average Bonchev–Trinajstić information content (AvgIpc) is 3.32. The number of amides is 1. The standard InChI is InChI=1S/C53H93NO13/c1-3-5-7-9-11-13-15-16-17-18-19-20-21-22-23-24-25-26-27-29-31-33-35-37-45(58)54-41(42(57)36-34-32-30-28-14-12-10-8-6-4-2)40-64-52-50(63)48(61)51(44(39-56)66-52)67-53-49(62)47(60)46(59)43(38-55)65-53/h14-16,18-19,21-22,28,34,36,41-44,46-53,55-57,59-63H,3-13,17,20,23-27,29-33,35,37-40H2,1-2H3,(H,54,58)/b16-15-,19-18-,22-21-,28-14+,36-34+. The Morgan fingerprint density at radius 1 is 0.537 bits per heavy atom. The van der Waals surface area contributed by atoms with Crippen molar-refractivity contribution in [2.24, 2.45) is 0 Å². The highest BCUT2D eigenvalue weighted by molar-refractivity contribution is 5.76. The average molecular weight is 952 g/mol. The summed E-state index contributed by atoms with van der Waals surface area (Å²) >= 11 is 0. The Morgan fingerprint density at radius 3 is 1.58 bits per heavy atom. The number of rotatable bonds is 39. The summed E-state index contributed by atoms with van der Waals surface area (Å²) in [5, 5.41) is 86.6. The minimum absolute atomic E-state index is 0.262. The topological polar surface area (TPSA) is 228 Å². The number of hydrogen-bond acceptors (Lipinski definition) is 13. The molecule has 0 aromatic heterocycles. The maximum atomic E-state index is 13.2. The van der Waals surface area contributed by atoms with Gasteiger partial charge in [0.1, 0.15) is 48.8 Å². The first-order chi connectivity index (χ1) is 32.6. The molecule has 0 radical (unpaired) electrons. The molecule has 0 aliphatic carbocycles. The van der Waals surface area contributed by atoms with Crippen LogP contribution in [0.2, 0.25) is 0 Å². The molecule has 2 rings (SSSR count). The fourth-order valence-corrected chi connectivity index (χ4v) is 8.13. The molecule has 12 unspecified atom stereocenters. The van der Waals surface area contributed by atoms with Gasteiger partial charge in [-0.15, -0.1) is 0 Å². The summed E-state index contributed by atoms with van der Waals surface area (Å²) < 4.78 is 22.6. The highest BCUT2D eigenvalue weighted by Gasteiger charge is 2.51. The Bertz CT molecular complexity index is 1360. The number of aliphatic hydroxyl groups is 8. The van der Waals surface area contributed by atoms with Crippen LogP contribution >= 0.6 is 0 Å². The Morgan fingerprint density at radius 2 is 1.00 bits per heavy atom. The van der Waals surface area contributed by atoms with E-state index in [9.17, 15) is 45.6 Å². The molecule has 2 fully saturated rings. The van der Waals surface area contributed by atoms with Gasteiger partial charge in [0.15, 0.2) is 12.6 Å². The second kappa shape index (κ2) is 39.4. The van der Waals surface area contributed by atoms with E-state index in [0.717, 1.165) is 57.8 Å². The zero-order valence-electron chi connectivity index (χ0n) is 41.1. The lowest BCUT2D eigenvalue weighted by Gasteiger charge is -2.46. The quantitative estimate of drug-likeness (QED) is 0.0223. The van der Waals surface area contributed by atoms with Crippen LogP contribution in [0.3, 0.4) is 0 Å². The van der Waals surface area contributed by atoms with Crippen LogP contribution in [0.5, 0.6) is 0 Å². The lowest BCUT2D eigenvalue weighted by atomic mass is 9.97. The molecule has 2 heterocycles. The van der Waals surface area contributed by atoms with Crippen molar-refractivity contribution in [1.29, 1.82) is 0 Å². The van der Waals surface area contributed by atoms with Gasteiger partial charge >= 0.3 is 0 Å².